The highest BCUT2D eigenvalue weighted by Crippen LogP contribution is 2.49. The molecule has 1 aliphatic rings. The fourth-order valence-corrected chi connectivity index (χ4v) is 4.80. The lowest BCUT2D eigenvalue weighted by molar-refractivity contribution is -0.143. The summed E-state index contributed by atoms with van der Waals surface area (Å²) in [7, 11) is 1.44. The van der Waals surface area contributed by atoms with Crippen LogP contribution in [0.2, 0.25) is 0 Å². The summed E-state index contributed by atoms with van der Waals surface area (Å²) in [6.45, 7) is 4.41. The van der Waals surface area contributed by atoms with Crippen LogP contribution in [0.1, 0.15) is 43.9 Å². The monoisotopic (exact) mass is 509 g/mol. The first-order valence-corrected chi connectivity index (χ1v) is 12.8. The lowest BCUT2D eigenvalue weighted by Gasteiger charge is -2.16. The first kappa shape index (κ1) is 25.3. The zero-order chi connectivity index (χ0) is 26.7. The molecule has 3 aromatic carbocycles. The second-order valence-electron chi connectivity index (χ2n) is 9.53. The molecule has 0 unspecified atom stereocenters. The van der Waals surface area contributed by atoms with Gasteiger partial charge in [0, 0.05) is 12.1 Å². The topological polar surface area (TPSA) is 82.5 Å². The van der Waals surface area contributed by atoms with Gasteiger partial charge in [0.05, 0.1) is 18.7 Å². The lowest BCUT2D eigenvalue weighted by atomic mass is 9.93. The normalized spacial score (nSPS) is 14.4. The van der Waals surface area contributed by atoms with Crippen molar-refractivity contribution in [1.82, 2.24) is 9.78 Å². The fraction of sp³-hybridized carbons (Fsp3) is 0.258. The number of rotatable bonds is 8. The van der Waals surface area contributed by atoms with Crippen LogP contribution in [0.3, 0.4) is 0 Å². The Morgan fingerprint density at radius 1 is 0.947 bits per heavy atom. The smallest absolute Gasteiger partial charge is 0.413 e. The Balaban J connectivity index is 1.32. The maximum Gasteiger partial charge on any atom is 0.413 e. The molecule has 1 amide bonds. The SMILES string of the molecule is CCn1ncc(-c2ccc(-c3ccc(C4(C(=O)OC)CC4)cc3)cc2)c1NC(=O)O[C@H](C)c1ccccc1. The number of ether oxygens (including phenoxy) is 2. The summed E-state index contributed by atoms with van der Waals surface area (Å²) in [5, 5.41) is 7.35. The molecule has 1 aliphatic carbocycles. The van der Waals surface area contributed by atoms with Crippen molar-refractivity contribution in [3.05, 3.63) is 96.2 Å². The van der Waals surface area contributed by atoms with Crippen molar-refractivity contribution < 1.29 is 19.1 Å². The van der Waals surface area contributed by atoms with E-state index in [1.165, 1.54) is 7.11 Å². The first-order chi connectivity index (χ1) is 18.4. The van der Waals surface area contributed by atoms with Gasteiger partial charge in [-0.3, -0.25) is 10.1 Å². The van der Waals surface area contributed by atoms with E-state index in [1.807, 2.05) is 92.7 Å². The standard InChI is InChI=1S/C31H31N3O4/c1-4-34-28(33-30(36)38-21(2)22-8-6-5-7-9-22)27(20-32-34)25-12-10-23(11-13-25)24-14-16-26(17-15-24)31(18-19-31)29(35)37-3/h5-17,20-21H,4,18-19H2,1-3H3,(H,33,36)/t21-/m1/s1. The molecule has 1 atom stereocenters. The number of carbonyl (C=O) groups excluding carboxylic acids is 2. The second-order valence-corrected chi connectivity index (χ2v) is 9.53. The number of methoxy groups -OCH3 is 1. The Morgan fingerprint density at radius 2 is 1.55 bits per heavy atom. The van der Waals surface area contributed by atoms with Crippen LogP contribution in [0, 0.1) is 0 Å². The third kappa shape index (κ3) is 4.92. The Morgan fingerprint density at radius 3 is 2.13 bits per heavy atom. The van der Waals surface area contributed by atoms with Gasteiger partial charge in [0.2, 0.25) is 0 Å². The fourth-order valence-electron chi connectivity index (χ4n) is 4.80. The average molecular weight is 510 g/mol. The maximum absolute atomic E-state index is 12.7. The van der Waals surface area contributed by atoms with E-state index in [4.69, 9.17) is 9.47 Å². The summed E-state index contributed by atoms with van der Waals surface area (Å²) in [6.07, 6.45) is 2.49. The summed E-state index contributed by atoms with van der Waals surface area (Å²) >= 11 is 0. The van der Waals surface area contributed by atoms with Crippen LogP contribution in [-0.2, 0) is 26.2 Å². The molecule has 0 spiro atoms. The number of nitrogens with one attached hydrogen (secondary N) is 1. The summed E-state index contributed by atoms with van der Waals surface area (Å²) < 4.78 is 12.4. The van der Waals surface area contributed by atoms with Gasteiger partial charge < -0.3 is 9.47 Å². The predicted octanol–water partition coefficient (Wildman–Crippen LogP) is 6.75. The molecule has 7 heteroatoms. The maximum atomic E-state index is 12.7. The Kier molecular flexibility index (Phi) is 7.01. The van der Waals surface area contributed by atoms with Gasteiger partial charge in [0.25, 0.3) is 0 Å². The number of benzene rings is 3. The van der Waals surface area contributed by atoms with E-state index in [1.54, 1.807) is 10.9 Å². The van der Waals surface area contributed by atoms with Gasteiger partial charge in [-0.05, 0) is 54.5 Å². The van der Waals surface area contributed by atoms with Crippen LogP contribution in [0.5, 0.6) is 0 Å². The summed E-state index contributed by atoms with van der Waals surface area (Å²) in [6, 6.07) is 25.8. The lowest BCUT2D eigenvalue weighted by Crippen LogP contribution is -2.21. The Labute approximate surface area is 222 Å². The molecule has 194 valence electrons. The molecule has 0 saturated heterocycles. The largest absolute Gasteiger partial charge is 0.468 e. The number of hydrogen-bond donors (Lipinski definition) is 1. The van der Waals surface area contributed by atoms with Crippen LogP contribution in [0.25, 0.3) is 22.3 Å². The van der Waals surface area contributed by atoms with E-state index in [0.29, 0.717) is 12.4 Å². The van der Waals surface area contributed by atoms with E-state index in [2.05, 4.69) is 10.4 Å². The van der Waals surface area contributed by atoms with Crippen LogP contribution < -0.4 is 5.32 Å². The third-order valence-electron chi connectivity index (χ3n) is 7.21. The van der Waals surface area contributed by atoms with Crippen molar-refractivity contribution in [3.8, 4) is 22.3 Å². The van der Waals surface area contributed by atoms with E-state index in [9.17, 15) is 9.59 Å². The minimum atomic E-state index is -0.532. The molecule has 4 aromatic rings. The highest BCUT2D eigenvalue weighted by Gasteiger charge is 2.52. The van der Waals surface area contributed by atoms with Gasteiger partial charge in [0.1, 0.15) is 11.9 Å². The van der Waals surface area contributed by atoms with Crippen molar-refractivity contribution in [3.63, 3.8) is 0 Å². The predicted molar refractivity (Wildman–Crippen MR) is 147 cm³/mol. The van der Waals surface area contributed by atoms with E-state index in [-0.39, 0.29) is 12.1 Å². The van der Waals surface area contributed by atoms with Gasteiger partial charge >= 0.3 is 12.1 Å². The second kappa shape index (κ2) is 10.5. The molecule has 1 saturated carbocycles. The highest BCUT2D eigenvalue weighted by atomic mass is 16.6. The van der Waals surface area contributed by atoms with Gasteiger partial charge in [-0.25, -0.2) is 9.48 Å². The zero-order valence-corrected chi connectivity index (χ0v) is 21.8. The molecule has 1 heterocycles. The third-order valence-corrected chi connectivity index (χ3v) is 7.21. The van der Waals surface area contributed by atoms with Crippen molar-refractivity contribution in [2.24, 2.45) is 0 Å². The molecule has 1 N–H and O–H groups in total. The number of carbonyl (C=O) groups is 2. The van der Waals surface area contributed by atoms with Crippen molar-refractivity contribution in [2.45, 2.75) is 44.8 Å². The molecular weight excluding hydrogens is 478 g/mol. The minimum Gasteiger partial charge on any atom is -0.468 e. The molecular formula is C31H31N3O4. The van der Waals surface area contributed by atoms with Gasteiger partial charge in [-0.1, -0.05) is 78.9 Å². The minimum absolute atomic E-state index is 0.162. The molecule has 0 aliphatic heterocycles. The quantitative estimate of drug-likeness (QED) is 0.266. The molecule has 5 rings (SSSR count). The number of nitrogens with zero attached hydrogens (tertiary/aromatic N) is 2. The van der Waals surface area contributed by atoms with Crippen LogP contribution >= 0.6 is 0 Å². The zero-order valence-electron chi connectivity index (χ0n) is 21.8. The van der Waals surface area contributed by atoms with E-state index in [0.717, 1.165) is 46.2 Å². The highest BCUT2D eigenvalue weighted by molar-refractivity contribution is 5.90. The number of anilines is 1. The molecule has 0 radical (unpaired) electrons. The summed E-state index contributed by atoms with van der Waals surface area (Å²) in [4.78, 5) is 24.9. The Bertz CT molecular complexity index is 1420. The molecule has 0 bridgehead atoms. The number of aromatic nitrogens is 2. The van der Waals surface area contributed by atoms with E-state index < -0.39 is 11.5 Å². The van der Waals surface area contributed by atoms with Crippen LogP contribution in [0.15, 0.2) is 85.1 Å². The van der Waals surface area contributed by atoms with E-state index >= 15 is 0 Å². The first-order valence-electron chi connectivity index (χ1n) is 12.8. The summed E-state index contributed by atoms with van der Waals surface area (Å²) in [5.41, 5.74) is 5.30. The van der Waals surface area contributed by atoms with Gasteiger partial charge in [-0.2, -0.15) is 5.10 Å². The number of amides is 1. The van der Waals surface area contributed by atoms with Crippen molar-refractivity contribution in [1.29, 1.82) is 0 Å². The number of aryl methyl sites for hydroxylation is 1. The van der Waals surface area contributed by atoms with Crippen LogP contribution in [0.4, 0.5) is 10.6 Å². The molecule has 38 heavy (non-hydrogen) atoms. The summed E-state index contributed by atoms with van der Waals surface area (Å²) in [5.74, 6) is 0.428. The van der Waals surface area contributed by atoms with Gasteiger partial charge in [-0.15, -0.1) is 0 Å². The van der Waals surface area contributed by atoms with Crippen LogP contribution in [-0.4, -0.2) is 29.0 Å². The molecule has 1 aromatic heterocycles. The van der Waals surface area contributed by atoms with Crippen molar-refractivity contribution >= 4 is 17.9 Å². The van der Waals surface area contributed by atoms with Crippen molar-refractivity contribution in [2.75, 3.05) is 12.4 Å². The van der Waals surface area contributed by atoms with Gasteiger partial charge in [0.15, 0.2) is 0 Å². The molecule has 1 fully saturated rings. The number of esters is 1. The number of hydrogen-bond acceptors (Lipinski definition) is 5. The average Bonchev–Trinajstić information content (AvgIpc) is 3.68. The Hall–Kier alpha value is -4.39. The molecule has 7 nitrogen and oxygen atoms in total.